The van der Waals surface area contributed by atoms with Crippen LogP contribution in [-0.2, 0) is 4.74 Å². The molecule has 1 unspecified atom stereocenters. The standard InChI is InChI=1S/C12H16O4.Na/c1-8-4-5-10(12(13)14)11(6-8)16-9(2)7-15-3;/h4-6,9H,7H2,1-3H3,(H,13,14);/q;+1/p-1. The largest absolute Gasteiger partial charge is 1.00 e. The third-order valence-corrected chi connectivity index (χ3v) is 2.09. The normalized spacial score (nSPS) is 11.5. The Bertz CT molecular complexity index is 379. The van der Waals surface area contributed by atoms with E-state index in [0.717, 1.165) is 5.56 Å². The maximum absolute atomic E-state index is 10.9. The number of hydrogen-bond acceptors (Lipinski definition) is 4. The zero-order valence-corrected chi connectivity index (χ0v) is 12.6. The van der Waals surface area contributed by atoms with Gasteiger partial charge >= 0.3 is 29.6 Å². The van der Waals surface area contributed by atoms with Crippen LogP contribution in [0.25, 0.3) is 0 Å². The number of carboxylic acid groups (broad SMARTS) is 1. The molecule has 0 saturated carbocycles. The number of methoxy groups -OCH3 is 1. The fraction of sp³-hybridized carbons (Fsp3) is 0.417. The molecule has 0 saturated heterocycles. The molecule has 0 aromatic heterocycles. The zero-order valence-electron chi connectivity index (χ0n) is 10.6. The molecule has 0 spiro atoms. The Balaban J connectivity index is 0.00000256. The summed E-state index contributed by atoms with van der Waals surface area (Å²) in [5, 5.41) is 10.9. The topological polar surface area (TPSA) is 58.6 Å². The molecule has 0 N–H and O–H groups in total. The van der Waals surface area contributed by atoms with Crippen molar-refractivity contribution in [3.63, 3.8) is 0 Å². The van der Waals surface area contributed by atoms with Crippen molar-refractivity contribution in [2.24, 2.45) is 0 Å². The number of ether oxygens (including phenoxy) is 2. The Morgan fingerprint density at radius 1 is 1.47 bits per heavy atom. The number of aromatic carboxylic acids is 1. The molecule has 4 nitrogen and oxygen atoms in total. The predicted molar refractivity (Wildman–Crippen MR) is 57.5 cm³/mol. The molecular formula is C12H15NaO4. The van der Waals surface area contributed by atoms with Gasteiger partial charge in [-0.15, -0.1) is 0 Å². The van der Waals surface area contributed by atoms with Crippen LogP contribution < -0.4 is 39.4 Å². The second-order valence-corrected chi connectivity index (χ2v) is 3.67. The van der Waals surface area contributed by atoms with Crippen molar-refractivity contribution in [2.45, 2.75) is 20.0 Å². The monoisotopic (exact) mass is 246 g/mol. The first kappa shape index (κ1) is 16.4. The molecular weight excluding hydrogens is 231 g/mol. The van der Waals surface area contributed by atoms with Crippen LogP contribution in [0.2, 0.25) is 0 Å². The minimum atomic E-state index is -1.24. The van der Waals surface area contributed by atoms with Gasteiger partial charge in [-0.05, 0) is 31.5 Å². The van der Waals surface area contributed by atoms with Crippen molar-refractivity contribution < 1.29 is 48.9 Å². The molecule has 1 atom stereocenters. The zero-order chi connectivity index (χ0) is 12.1. The number of aryl methyl sites for hydroxylation is 1. The van der Waals surface area contributed by atoms with Gasteiger partial charge in [0.05, 0.1) is 12.6 Å². The Morgan fingerprint density at radius 3 is 2.65 bits per heavy atom. The van der Waals surface area contributed by atoms with Gasteiger partial charge in [0.1, 0.15) is 11.9 Å². The molecule has 0 heterocycles. The molecule has 0 fully saturated rings. The van der Waals surface area contributed by atoms with Crippen molar-refractivity contribution in [1.29, 1.82) is 0 Å². The molecule has 0 aliphatic heterocycles. The van der Waals surface area contributed by atoms with Gasteiger partial charge in [0.2, 0.25) is 0 Å². The van der Waals surface area contributed by atoms with Crippen LogP contribution in [0.15, 0.2) is 18.2 Å². The molecule has 88 valence electrons. The summed E-state index contributed by atoms with van der Waals surface area (Å²) in [6.07, 6.45) is -0.204. The number of rotatable bonds is 5. The van der Waals surface area contributed by atoms with E-state index in [-0.39, 0.29) is 41.2 Å². The SMILES string of the molecule is COCC(C)Oc1cc(C)ccc1C(=O)[O-].[Na+]. The van der Waals surface area contributed by atoms with Crippen LogP contribution in [0, 0.1) is 6.92 Å². The van der Waals surface area contributed by atoms with E-state index in [1.807, 2.05) is 13.8 Å². The maximum atomic E-state index is 10.9. The van der Waals surface area contributed by atoms with Gasteiger partial charge in [0.25, 0.3) is 0 Å². The summed E-state index contributed by atoms with van der Waals surface area (Å²) in [5.74, 6) is -0.913. The van der Waals surface area contributed by atoms with Crippen molar-refractivity contribution >= 4 is 5.97 Å². The van der Waals surface area contributed by atoms with Gasteiger partial charge < -0.3 is 19.4 Å². The Hall–Kier alpha value is -0.550. The van der Waals surface area contributed by atoms with E-state index in [9.17, 15) is 9.90 Å². The average molecular weight is 246 g/mol. The summed E-state index contributed by atoms with van der Waals surface area (Å²) in [5.41, 5.74) is 0.998. The van der Waals surface area contributed by atoms with E-state index < -0.39 is 5.97 Å². The van der Waals surface area contributed by atoms with E-state index in [1.165, 1.54) is 6.07 Å². The minimum absolute atomic E-state index is 0. The van der Waals surface area contributed by atoms with Crippen molar-refractivity contribution in [2.75, 3.05) is 13.7 Å². The van der Waals surface area contributed by atoms with Crippen LogP contribution in [0.5, 0.6) is 5.75 Å². The van der Waals surface area contributed by atoms with Crippen LogP contribution in [0.1, 0.15) is 22.8 Å². The predicted octanol–water partition coefficient (Wildman–Crippen LogP) is -2.22. The average Bonchev–Trinajstić information content (AvgIpc) is 2.17. The van der Waals surface area contributed by atoms with E-state index in [1.54, 1.807) is 19.2 Å². The second kappa shape index (κ2) is 7.71. The molecule has 1 aromatic carbocycles. The Labute approximate surface area is 123 Å². The molecule has 0 amide bonds. The van der Waals surface area contributed by atoms with Gasteiger partial charge in [-0.3, -0.25) is 0 Å². The Kier molecular flexibility index (Phi) is 7.46. The van der Waals surface area contributed by atoms with Gasteiger partial charge in [-0.2, -0.15) is 0 Å². The van der Waals surface area contributed by atoms with E-state index in [0.29, 0.717) is 12.4 Å². The molecule has 0 bridgehead atoms. The van der Waals surface area contributed by atoms with Gasteiger partial charge in [0, 0.05) is 12.7 Å². The van der Waals surface area contributed by atoms with Crippen LogP contribution in [-0.4, -0.2) is 25.8 Å². The number of carbonyl (C=O) groups excluding carboxylic acids is 1. The van der Waals surface area contributed by atoms with Crippen molar-refractivity contribution in [3.05, 3.63) is 29.3 Å². The van der Waals surface area contributed by atoms with E-state index >= 15 is 0 Å². The summed E-state index contributed by atoms with van der Waals surface area (Å²) in [6.45, 7) is 4.08. The third kappa shape index (κ3) is 5.08. The van der Waals surface area contributed by atoms with Gasteiger partial charge in [0.15, 0.2) is 0 Å². The summed E-state index contributed by atoms with van der Waals surface area (Å²) < 4.78 is 10.4. The summed E-state index contributed by atoms with van der Waals surface area (Å²) in [4.78, 5) is 10.9. The minimum Gasteiger partial charge on any atom is -0.545 e. The van der Waals surface area contributed by atoms with Crippen LogP contribution >= 0.6 is 0 Å². The third-order valence-electron chi connectivity index (χ3n) is 2.09. The molecule has 0 radical (unpaired) electrons. The van der Waals surface area contributed by atoms with Crippen LogP contribution in [0.4, 0.5) is 0 Å². The van der Waals surface area contributed by atoms with Gasteiger partial charge in [-0.1, -0.05) is 6.07 Å². The molecule has 1 rings (SSSR count). The second-order valence-electron chi connectivity index (χ2n) is 3.67. The Morgan fingerprint density at radius 2 is 2.12 bits per heavy atom. The first-order valence-electron chi connectivity index (χ1n) is 5.02. The smallest absolute Gasteiger partial charge is 0.545 e. The molecule has 17 heavy (non-hydrogen) atoms. The quantitative estimate of drug-likeness (QED) is 0.552. The molecule has 1 aromatic rings. The number of hydrogen-bond donors (Lipinski definition) is 0. The first-order valence-corrected chi connectivity index (χ1v) is 5.02. The van der Waals surface area contributed by atoms with Crippen LogP contribution in [0.3, 0.4) is 0 Å². The molecule has 0 aliphatic carbocycles. The first-order chi connectivity index (χ1) is 7.54. The summed E-state index contributed by atoms with van der Waals surface area (Å²) >= 11 is 0. The van der Waals surface area contributed by atoms with Crippen molar-refractivity contribution in [1.82, 2.24) is 0 Å². The fourth-order valence-electron chi connectivity index (χ4n) is 1.38. The number of carbonyl (C=O) groups is 1. The van der Waals surface area contributed by atoms with E-state index in [4.69, 9.17) is 9.47 Å². The number of benzene rings is 1. The van der Waals surface area contributed by atoms with Gasteiger partial charge in [-0.25, -0.2) is 0 Å². The number of carboxylic acids is 1. The summed E-state index contributed by atoms with van der Waals surface area (Å²) in [7, 11) is 1.57. The molecule has 5 heteroatoms. The maximum Gasteiger partial charge on any atom is 1.00 e. The van der Waals surface area contributed by atoms with Crippen molar-refractivity contribution in [3.8, 4) is 5.75 Å². The summed E-state index contributed by atoms with van der Waals surface area (Å²) in [6, 6.07) is 4.87. The molecule has 0 aliphatic rings. The fourth-order valence-corrected chi connectivity index (χ4v) is 1.38. The van der Waals surface area contributed by atoms with E-state index in [2.05, 4.69) is 0 Å².